The Labute approximate surface area is 157 Å². The Hall–Kier alpha value is -2.37. The summed E-state index contributed by atoms with van der Waals surface area (Å²) in [4.78, 5) is 15.2. The molecule has 1 amide bonds. The third-order valence-corrected chi connectivity index (χ3v) is 6.44. The standard InChI is InChI=1S/C21H24FN3O2/c22-18-3-1-2-4-20(18)27-12-16-10-19(24-23-16)21(26)25-11-15-6-13-5-14(7-15)9-17(25)8-13/h1-4,10,13-15,17H,5-9,11-12H2,(H,23,24). The molecule has 142 valence electrons. The van der Waals surface area contributed by atoms with Crippen molar-refractivity contribution in [1.82, 2.24) is 15.1 Å². The van der Waals surface area contributed by atoms with Crippen molar-refractivity contribution in [2.75, 3.05) is 6.54 Å². The van der Waals surface area contributed by atoms with Crippen molar-refractivity contribution in [3.8, 4) is 5.75 Å². The van der Waals surface area contributed by atoms with E-state index in [9.17, 15) is 9.18 Å². The highest BCUT2D eigenvalue weighted by atomic mass is 19.1. The minimum atomic E-state index is -0.399. The monoisotopic (exact) mass is 369 g/mol. The van der Waals surface area contributed by atoms with Gasteiger partial charge in [0.05, 0.1) is 5.69 Å². The second-order valence-electron chi connectivity index (χ2n) is 8.39. The second-order valence-corrected chi connectivity index (χ2v) is 8.39. The molecule has 6 heteroatoms. The minimum absolute atomic E-state index is 0.0154. The maximum Gasteiger partial charge on any atom is 0.274 e. The summed E-state index contributed by atoms with van der Waals surface area (Å²) < 4.78 is 19.2. The third-order valence-electron chi connectivity index (χ3n) is 6.44. The Balaban J connectivity index is 1.28. The van der Waals surface area contributed by atoms with Crippen LogP contribution >= 0.6 is 0 Å². The van der Waals surface area contributed by atoms with Crippen LogP contribution in [0.2, 0.25) is 0 Å². The number of nitrogens with zero attached hydrogens (tertiary/aromatic N) is 2. The molecule has 1 N–H and O–H groups in total. The topological polar surface area (TPSA) is 58.2 Å². The van der Waals surface area contributed by atoms with E-state index in [1.54, 1.807) is 24.3 Å². The van der Waals surface area contributed by atoms with E-state index in [0.717, 1.165) is 31.2 Å². The molecule has 4 aliphatic rings. The molecule has 5 nitrogen and oxygen atoms in total. The molecular weight excluding hydrogens is 345 g/mol. The summed E-state index contributed by atoms with van der Waals surface area (Å²) >= 11 is 0. The molecule has 4 bridgehead atoms. The van der Waals surface area contributed by atoms with Gasteiger partial charge in [-0.05, 0) is 68.1 Å². The zero-order chi connectivity index (χ0) is 18.4. The molecule has 2 saturated carbocycles. The summed E-state index contributed by atoms with van der Waals surface area (Å²) in [6, 6.07) is 8.39. The van der Waals surface area contributed by atoms with Crippen molar-refractivity contribution >= 4 is 5.91 Å². The molecule has 6 rings (SSSR count). The van der Waals surface area contributed by atoms with E-state index in [-0.39, 0.29) is 18.3 Å². The Morgan fingerprint density at radius 2 is 1.89 bits per heavy atom. The first kappa shape index (κ1) is 16.8. The highest BCUT2D eigenvalue weighted by Gasteiger charge is 2.44. The van der Waals surface area contributed by atoms with Crippen LogP contribution in [0.3, 0.4) is 0 Å². The van der Waals surface area contributed by atoms with Gasteiger partial charge in [-0.2, -0.15) is 5.10 Å². The van der Waals surface area contributed by atoms with Crippen molar-refractivity contribution in [3.05, 3.63) is 47.5 Å². The first-order valence-electron chi connectivity index (χ1n) is 9.88. The fourth-order valence-corrected chi connectivity index (χ4v) is 5.44. The lowest BCUT2D eigenvalue weighted by atomic mass is 9.68. The van der Waals surface area contributed by atoms with Gasteiger partial charge in [-0.15, -0.1) is 0 Å². The van der Waals surface area contributed by atoms with E-state index in [4.69, 9.17) is 4.74 Å². The number of aromatic nitrogens is 2. The number of rotatable bonds is 4. The second kappa shape index (κ2) is 6.66. The van der Waals surface area contributed by atoms with Crippen molar-refractivity contribution in [2.45, 2.75) is 44.8 Å². The molecule has 27 heavy (non-hydrogen) atoms. The Kier molecular flexibility index (Phi) is 4.14. The molecule has 2 aliphatic heterocycles. The van der Waals surface area contributed by atoms with Gasteiger partial charge in [0.15, 0.2) is 17.3 Å². The lowest BCUT2D eigenvalue weighted by molar-refractivity contribution is 0.0626. The number of hydrogen-bond donors (Lipinski definition) is 1. The molecule has 2 aliphatic carbocycles. The first-order chi connectivity index (χ1) is 13.2. The number of aromatic amines is 1. The van der Waals surface area contributed by atoms with E-state index in [0.29, 0.717) is 23.3 Å². The van der Waals surface area contributed by atoms with Crippen LogP contribution in [0.25, 0.3) is 0 Å². The van der Waals surface area contributed by atoms with E-state index < -0.39 is 5.82 Å². The predicted molar refractivity (Wildman–Crippen MR) is 97.7 cm³/mol. The summed E-state index contributed by atoms with van der Waals surface area (Å²) in [5, 5.41) is 7.07. The number of fused-ring (bicyclic) bond motifs is 1. The average Bonchev–Trinajstić information content (AvgIpc) is 3.04. The van der Waals surface area contributed by atoms with Crippen LogP contribution in [0.5, 0.6) is 5.75 Å². The largest absolute Gasteiger partial charge is 0.484 e. The summed E-state index contributed by atoms with van der Waals surface area (Å²) in [5.41, 5.74) is 1.10. The van der Waals surface area contributed by atoms with Gasteiger partial charge in [0.2, 0.25) is 0 Å². The molecule has 1 aromatic heterocycles. The Morgan fingerprint density at radius 3 is 2.67 bits per heavy atom. The van der Waals surface area contributed by atoms with Gasteiger partial charge < -0.3 is 9.64 Å². The van der Waals surface area contributed by atoms with Crippen molar-refractivity contribution < 1.29 is 13.9 Å². The smallest absolute Gasteiger partial charge is 0.274 e. The van der Waals surface area contributed by atoms with Crippen LogP contribution in [0.4, 0.5) is 4.39 Å². The molecule has 2 saturated heterocycles. The number of ether oxygens (including phenoxy) is 1. The molecule has 0 radical (unpaired) electrons. The predicted octanol–water partition coefficient (Wildman–Crippen LogP) is 3.78. The van der Waals surface area contributed by atoms with Crippen LogP contribution in [0, 0.1) is 23.6 Å². The highest BCUT2D eigenvalue weighted by molar-refractivity contribution is 5.92. The molecule has 3 heterocycles. The van der Waals surface area contributed by atoms with E-state index in [2.05, 4.69) is 15.1 Å². The Bertz CT molecular complexity index is 837. The van der Waals surface area contributed by atoms with Crippen LogP contribution in [0.1, 0.15) is 48.3 Å². The first-order valence-corrected chi connectivity index (χ1v) is 9.88. The summed E-state index contributed by atoms with van der Waals surface area (Å²) in [5.74, 6) is 2.06. The quantitative estimate of drug-likeness (QED) is 0.892. The van der Waals surface area contributed by atoms with Crippen molar-refractivity contribution in [3.63, 3.8) is 0 Å². The van der Waals surface area contributed by atoms with Gasteiger partial charge in [0.25, 0.3) is 5.91 Å². The van der Waals surface area contributed by atoms with Gasteiger partial charge >= 0.3 is 0 Å². The number of nitrogens with one attached hydrogen (secondary N) is 1. The fraction of sp³-hybridized carbons (Fsp3) is 0.524. The maximum atomic E-state index is 13.7. The van der Waals surface area contributed by atoms with Gasteiger partial charge in [-0.25, -0.2) is 4.39 Å². The zero-order valence-electron chi connectivity index (χ0n) is 15.2. The maximum absolute atomic E-state index is 13.7. The number of halogens is 1. The highest BCUT2D eigenvalue weighted by Crippen LogP contribution is 2.47. The third kappa shape index (κ3) is 3.22. The molecule has 4 fully saturated rings. The van der Waals surface area contributed by atoms with E-state index in [1.807, 2.05) is 0 Å². The molecule has 2 atom stereocenters. The molecular formula is C21H24FN3O2. The van der Waals surface area contributed by atoms with Crippen molar-refractivity contribution in [1.29, 1.82) is 0 Å². The molecule has 2 aromatic rings. The van der Waals surface area contributed by atoms with Crippen LogP contribution in [0.15, 0.2) is 30.3 Å². The number of amides is 1. The van der Waals surface area contributed by atoms with E-state index in [1.165, 1.54) is 25.3 Å². The molecule has 1 aromatic carbocycles. The minimum Gasteiger partial charge on any atom is -0.484 e. The summed E-state index contributed by atoms with van der Waals surface area (Å²) in [7, 11) is 0. The van der Waals surface area contributed by atoms with Crippen LogP contribution < -0.4 is 4.74 Å². The van der Waals surface area contributed by atoms with Crippen LogP contribution in [-0.4, -0.2) is 33.6 Å². The molecule has 2 unspecified atom stereocenters. The summed E-state index contributed by atoms with van der Waals surface area (Å²) in [6.45, 7) is 1.02. The normalized spacial score (nSPS) is 29.0. The van der Waals surface area contributed by atoms with Gasteiger partial charge in [-0.1, -0.05) is 12.1 Å². The average molecular weight is 369 g/mol. The van der Waals surface area contributed by atoms with E-state index >= 15 is 0 Å². The lowest BCUT2D eigenvalue weighted by Crippen LogP contribution is -2.42. The summed E-state index contributed by atoms with van der Waals surface area (Å²) in [6.07, 6.45) is 6.20. The zero-order valence-corrected chi connectivity index (χ0v) is 15.2. The SMILES string of the molecule is O=C(c1cc(COc2ccccc2F)[nH]n1)N1CC2CC3CC(C2)CC1C3. The number of carbonyl (C=O) groups is 1. The van der Waals surface area contributed by atoms with Gasteiger partial charge in [-0.3, -0.25) is 9.89 Å². The number of H-pyrrole nitrogens is 1. The van der Waals surface area contributed by atoms with Gasteiger partial charge in [0.1, 0.15) is 6.61 Å². The molecule has 0 spiro atoms. The van der Waals surface area contributed by atoms with Crippen molar-refractivity contribution in [2.24, 2.45) is 17.8 Å². The number of hydrogen-bond acceptors (Lipinski definition) is 3. The number of benzene rings is 1. The van der Waals surface area contributed by atoms with Gasteiger partial charge in [0, 0.05) is 12.6 Å². The fourth-order valence-electron chi connectivity index (χ4n) is 5.44. The Morgan fingerprint density at radius 1 is 1.15 bits per heavy atom. The number of para-hydroxylation sites is 1. The number of carbonyl (C=O) groups excluding carboxylic acids is 1. The lowest BCUT2D eigenvalue weighted by Gasteiger charge is -2.38. The van der Waals surface area contributed by atoms with Crippen LogP contribution in [-0.2, 0) is 6.61 Å².